The van der Waals surface area contributed by atoms with Gasteiger partial charge in [0, 0.05) is 18.3 Å². The average Bonchev–Trinajstić information content (AvgIpc) is 3.17. The number of anilines is 1. The maximum absolute atomic E-state index is 12.2. The van der Waals surface area contributed by atoms with Gasteiger partial charge in [-0.15, -0.1) is 0 Å². The summed E-state index contributed by atoms with van der Waals surface area (Å²) in [6.07, 6.45) is 8.63. The van der Waals surface area contributed by atoms with Gasteiger partial charge in [0.05, 0.1) is 12.6 Å². The molecule has 1 atom stereocenters. The first kappa shape index (κ1) is 18.2. The third-order valence-electron chi connectivity index (χ3n) is 5.19. The molecule has 2 fully saturated rings. The van der Waals surface area contributed by atoms with Gasteiger partial charge in [-0.05, 0) is 63.4 Å². The highest BCUT2D eigenvalue weighted by atomic mass is 16.5. The van der Waals surface area contributed by atoms with Crippen LogP contribution in [0.3, 0.4) is 0 Å². The van der Waals surface area contributed by atoms with Crippen molar-refractivity contribution in [3.8, 4) is 5.75 Å². The Kier molecular flexibility index (Phi) is 6.70. The molecule has 0 spiro atoms. The van der Waals surface area contributed by atoms with Crippen LogP contribution in [-0.4, -0.2) is 49.8 Å². The van der Waals surface area contributed by atoms with E-state index in [0.29, 0.717) is 19.2 Å². The van der Waals surface area contributed by atoms with Crippen LogP contribution >= 0.6 is 0 Å². The molecule has 1 aromatic rings. The number of rotatable bonds is 7. The van der Waals surface area contributed by atoms with Gasteiger partial charge in [-0.25, -0.2) is 0 Å². The molecule has 138 valence electrons. The normalized spacial score (nSPS) is 21.4. The third-order valence-corrected chi connectivity index (χ3v) is 5.19. The van der Waals surface area contributed by atoms with E-state index >= 15 is 0 Å². The summed E-state index contributed by atoms with van der Waals surface area (Å²) in [4.78, 5) is 14.4. The lowest BCUT2D eigenvalue weighted by molar-refractivity contribution is -0.117. The Balaban J connectivity index is 1.41. The van der Waals surface area contributed by atoms with E-state index in [-0.39, 0.29) is 12.0 Å². The Hall–Kier alpha value is -1.59. The van der Waals surface area contributed by atoms with E-state index in [2.05, 4.69) is 10.2 Å². The largest absolute Gasteiger partial charge is 0.491 e. The molecule has 1 amide bonds. The molecule has 5 heteroatoms. The topological polar surface area (TPSA) is 50.8 Å². The molecule has 0 radical (unpaired) electrons. The number of carbonyl (C=O) groups is 1. The van der Waals surface area contributed by atoms with Gasteiger partial charge in [-0.1, -0.05) is 12.8 Å². The number of hydrogen-bond acceptors (Lipinski definition) is 4. The van der Waals surface area contributed by atoms with Crippen molar-refractivity contribution >= 4 is 11.6 Å². The summed E-state index contributed by atoms with van der Waals surface area (Å²) in [5, 5.41) is 2.97. The highest BCUT2D eigenvalue weighted by Gasteiger charge is 2.21. The average molecular weight is 346 g/mol. The smallest absolute Gasteiger partial charge is 0.238 e. The SMILES string of the molecule is CN(CC(=O)Nc1ccc(OCC2CCCCO2)cc1)C1CCCC1. The van der Waals surface area contributed by atoms with Gasteiger partial charge in [0.2, 0.25) is 5.91 Å². The van der Waals surface area contributed by atoms with Gasteiger partial charge in [0.25, 0.3) is 0 Å². The zero-order valence-electron chi connectivity index (χ0n) is 15.2. The Labute approximate surface area is 150 Å². The van der Waals surface area contributed by atoms with E-state index in [1.807, 2.05) is 31.3 Å². The highest BCUT2D eigenvalue weighted by Crippen LogP contribution is 2.22. The summed E-state index contributed by atoms with van der Waals surface area (Å²) < 4.78 is 11.5. The number of nitrogens with zero attached hydrogens (tertiary/aromatic N) is 1. The molecule has 1 saturated carbocycles. The molecule has 1 aliphatic heterocycles. The molecule has 25 heavy (non-hydrogen) atoms. The van der Waals surface area contributed by atoms with Crippen LogP contribution in [0.5, 0.6) is 5.75 Å². The fourth-order valence-corrected chi connectivity index (χ4v) is 3.66. The van der Waals surface area contributed by atoms with E-state index in [0.717, 1.165) is 30.9 Å². The lowest BCUT2D eigenvalue weighted by Gasteiger charge is -2.23. The monoisotopic (exact) mass is 346 g/mol. The van der Waals surface area contributed by atoms with Gasteiger partial charge in [0.15, 0.2) is 0 Å². The number of amides is 1. The maximum atomic E-state index is 12.2. The highest BCUT2D eigenvalue weighted by molar-refractivity contribution is 5.92. The summed E-state index contributed by atoms with van der Waals surface area (Å²) >= 11 is 0. The minimum atomic E-state index is 0.0404. The third kappa shape index (κ3) is 5.72. The van der Waals surface area contributed by atoms with Crippen LogP contribution in [-0.2, 0) is 9.53 Å². The molecule has 1 heterocycles. The number of hydrogen-bond donors (Lipinski definition) is 1. The number of likely N-dealkylation sites (N-methyl/N-ethyl adjacent to an activating group) is 1. The van der Waals surface area contributed by atoms with Crippen LogP contribution in [0.4, 0.5) is 5.69 Å². The van der Waals surface area contributed by atoms with Crippen LogP contribution in [0.25, 0.3) is 0 Å². The maximum Gasteiger partial charge on any atom is 0.238 e. The zero-order chi connectivity index (χ0) is 17.5. The van der Waals surface area contributed by atoms with Crippen molar-refractivity contribution in [2.75, 3.05) is 32.1 Å². The Morgan fingerprint density at radius 3 is 2.56 bits per heavy atom. The summed E-state index contributed by atoms with van der Waals surface area (Å²) in [5.74, 6) is 0.855. The van der Waals surface area contributed by atoms with E-state index in [9.17, 15) is 4.79 Å². The minimum absolute atomic E-state index is 0.0404. The zero-order valence-corrected chi connectivity index (χ0v) is 15.2. The standard InChI is InChI=1S/C20H30N2O3/c1-22(17-6-2-3-7-17)14-20(23)21-16-9-11-18(12-10-16)25-15-19-8-4-5-13-24-19/h9-12,17,19H,2-8,13-15H2,1H3,(H,21,23). The number of nitrogens with one attached hydrogen (secondary N) is 1. The molecular weight excluding hydrogens is 316 g/mol. The number of ether oxygens (including phenoxy) is 2. The number of carbonyl (C=O) groups excluding carboxylic acids is 1. The lowest BCUT2D eigenvalue weighted by atomic mass is 10.1. The molecule has 0 aromatic heterocycles. The lowest BCUT2D eigenvalue weighted by Crippen LogP contribution is -2.36. The Morgan fingerprint density at radius 1 is 1.16 bits per heavy atom. The van der Waals surface area contributed by atoms with Crippen molar-refractivity contribution < 1.29 is 14.3 Å². The summed E-state index contributed by atoms with van der Waals surface area (Å²) in [6, 6.07) is 8.15. The van der Waals surface area contributed by atoms with Gasteiger partial charge < -0.3 is 14.8 Å². The molecule has 1 saturated heterocycles. The van der Waals surface area contributed by atoms with Gasteiger partial charge >= 0.3 is 0 Å². The molecule has 3 rings (SSSR count). The van der Waals surface area contributed by atoms with Gasteiger partial charge in [0.1, 0.15) is 12.4 Å². The van der Waals surface area contributed by atoms with Crippen molar-refractivity contribution in [3.63, 3.8) is 0 Å². The molecule has 5 nitrogen and oxygen atoms in total. The van der Waals surface area contributed by atoms with Crippen LogP contribution in [0.15, 0.2) is 24.3 Å². The van der Waals surface area contributed by atoms with Gasteiger partial charge in [-0.2, -0.15) is 0 Å². The molecule has 1 unspecified atom stereocenters. The minimum Gasteiger partial charge on any atom is -0.491 e. The van der Waals surface area contributed by atoms with Crippen LogP contribution in [0, 0.1) is 0 Å². The second-order valence-electron chi connectivity index (χ2n) is 7.23. The predicted molar refractivity (Wildman–Crippen MR) is 99.0 cm³/mol. The Morgan fingerprint density at radius 2 is 1.88 bits per heavy atom. The molecule has 1 aromatic carbocycles. The summed E-state index contributed by atoms with van der Waals surface area (Å²) in [5.41, 5.74) is 0.811. The van der Waals surface area contributed by atoms with E-state index in [4.69, 9.17) is 9.47 Å². The second kappa shape index (κ2) is 9.20. The Bertz CT molecular complexity index is 534. The fraction of sp³-hybridized carbons (Fsp3) is 0.650. The molecule has 0 bridgehead atoms. The van der Waals surface area contributed by atoms with Crippen molar-refractivity contribution in [2.24, 2.45) is 0 Å². The van der Waals surface area contributed by atoms with Crippen LogP contribution < -0.4 is 10.1 Å². The number of benzene rings is 1. The quantitative estimate of drug-likeness (QED) is 0.822. The molecule has 2 aliphatic rings. The molecule has 1 N–H and O–H groups in total. The van der Waals surface area contributed by atoms with E-state index in [1.54, 1.807) is 0 Å². The van der Waals surface area contributed by atoms with Crippen molar-refractivity contribution in [1.82, 2.24) is 4.90 Å². The van der Waals surface area contributed by atoms with Crippen molar-refractivity contribution in [3.05, 3.63) is 24.3 Å². The molecule has 1 aliphatic carbocycles. The second-order valence-corrected chi connectivity index (χ2v) is 7.23. The predicted octanol–water partition coefficient (Wildman–Crippen LogP) is 3.45. The first-order chi connectivity index (χ1) is 12.2. The summed E-state index contributed by atoms with van der Waals surface area (Å²) in [7, 11) is 2.04. The first-order valence-electron chi connectivity index (χ1n) is 9.55. The molecular formula is C20H30N2O3. The fourth-order valence-electron chi connectivity index (χ4n) is 3.66. The van der Waals surface area contributed by atoms with E-state index in [1.165, 1.54) is 32.1 Å². The van der Waals surface area contributed by atoms with Crippen molar-refractivity contribution in [1.29, 1.82) is 0 Å². The summed E-state index contributed by atoms with van der Waals surface area (Å²) in [6.45, 7) is 1.88. The van der Waals surface area contributed by atoms with E-state index < -0.39 is 0 Å². The van der Waals surface area contributed by atoms with Crippen molar-refractivity contribution in [2.45, 2.75) is 57.1 Å². The van der Waals surface area contributed by atoms with Gasteiger partial charge in [-0.3, -0.25) is 9.69 Å². The van der Waals surface area contributed by atoms with Crippen LogP contribution in [0.2, 0.25) is 0 Å². The first-order valence-corrected chi connectivity index (χ1v) is 9.55. The van der Waals surface area contributed by atoms with Crippen LogP contribution in [0.1, 0.15) is 44.9 Å².